The third kappa shape index (κ3) is 3.65. The van der Waals surface area contributed by atoms with E-state index in [2.05, 4.69) is 60.5 Å². The van der Waals surface area contributed by atoms with Crippen LogP contribution in [0.15, 0.2) is 41.5 Å². The van der Waals surface area contributed by atoms with Crippen LogP contribution in [0.5, 0.6) is 5.75 Å². The van der Waals surface area contributed by atoms with Gasteiger partial charge >= 0.3 is 0 Å². The van der Waals surface area contributed by atoms with E-state index in [1.807, 2.05) is 30.3 Å². The molecule has 5 nitrogen and oxygen atoms in total. The number of aromatic hydroxyl groups is 1. The third-order valence-electron chi connectivity index (χ3n) is 3.14. The Bertz CT molecular complexity index is 999. The molecule has 0 fully saturated rings. The number of nitrogens with one attached hydrogen (secondary N) is 1. The molecule has 9 heteroatoms. The number of rotatable bonds is 3. The summed E-state index contributed by atoms with van der Waals surface area (Å²) in [6, 6.07) is 11.0. The van der Waals surface area contributed by atoms with E-state index >= 15 is 0 Å². The molecule has 122 valence electrons. The Morgan fingerprint density at radius 1 is 1.29 bits per heavy atom. The van der Waals surface area contributed by atoms with Crippen LogP contribution in [0.4, 0.5) is 0 Å². The minimum absolute atomic E-state index is 0.175. The molecule has 0 aliphatic rings. The van der Waals surface area contributed by atoms with Crippen molar-refractivity contribution in [2.24, 2.45) is 5.10 Å². The zero-order valence-electron chi connectivity index (χ0n) is 11.9. The molecule has 0 amide bonds. The smallest absolute Gasteiger partial charge is 0.216 e. The molecule has 0 aliphatic heterocycles. The number of phenols is 1. The fraction of sp³-hybridized carbons (Fsp3) is 0. The monoisotopic (exact) mass is 582 g/mol. The van der Waals surface area contributed by atoms with Crippen LogP contribution in [0, 0.1) is 11.9 Å². The van der Waals surface area contributed by atoms with Gasteiger partial charge in [-0.15, -0.1) is 0 Å². The maximum atomic E-state index is 10.2. The molecule has 1 heterocycles. The fourth-order valence-electron chi connectivity index (χ4n) is 2.02. The van der Waals surface area contributed by atoms with Crippen LogP contribution in [-0.2, 0) is 0 Å². The molecule has 0 unspecified atom stereocenters. The summed E-state index contributed by atoms with van der Waals surface area (Å²) in [6.45, 7) is 0. The first-order valence-electron chi connectivity index (χ1n) is 6.62. The average molecular weight is 583 g/mol. The second-order valence-corrected chi connectivity index (χ2v) is 7.92. The normalized spacial score (nSPS) is 11.3. The Morgan fingerprint density at radius 3 is 2.79 bits per heavy atom. The van der Waals surface area contributed by atoms with Gasteiger partial charge in [0.15, 0.2) is 5.82 Å². The topological polar surface area (TPSA) is 66.2 Å². The minimum atomic E-state index is 0.175. The van der Waals surface area contributed by atoms with Gasteiger partial charge in [-0.25, -0.2) is 5.10 Å². The molecule has 3 rings (SSSR count). The van der Waals surface area contributed by atoms with Crippen LogP contribution in [0.25, 0.3) is 11.4 Å². The molecule has 24 heavy (non-hydrogen) atoms. The number of aromatic amines is 1. The molecule has 0 radical (unpaired) electrons. The lowest BCUT2D eigenvalue weighted by molar-refractivity contribution is 0.470. The van der Waals surface area contributed by atoms with Crippen molar-refractivity contribution in [3.8, 4) is 17.1 Å². The molecule has 0 spiro atoms. The Hall–Kier alpha value is -0.980. The van der Waals surface area contributed by atoms with Crippen LogP contribution >= 0.6 is 69.0 Å². The summed E-state index contributed by atoms with van der Waals surface area (Å²) < 4.78 is 3.56. The molecule has 0 saturated heterocycles. The van der Waals surface area contributed by atoms with Gasteiger partial charge in [0.05, 0.1) is 14.8 Å². The van der Waals surface area contributed by atoms with Gasteiger partial charge in [-0.1, -0.05) is 23.7 Å². The molecule has 0 saturated carbocycles. The number of hydrogen-bond donors (Lipinski definition) is 2. The summed E-state index contributed by atoms with van der Waals surface area (Å²) in [5.41, 5.74) is 1.31. The molecule has 1 aromatic heterocycles. The summed E-state index contributed by atoms with van der Waals surface area (Å²) in [5.74, 6) is 0.677. The summed E-state index contributed by atoms with van der Waals surface area (Å²) in [7, 11) is 0. The molecule has 3 aromatic rings. The van der Waals surface area contributed by atoms with Crippen molar-refractivity contribution in [1.29, 1.82) is 0 Å². The fourth-order valence-corrected chi connectivity index (χ4v) is 4.31. The van der Waals surface area contributed by atoms with E-state index in [1.54, 1.807) is 12.3 Å². The Morgan fingerprint density at radius 2 is 2.04 bits per heavy atom. The van der Waals surface area contributed by atoms with E-state index in [4.69, 9.17) is 23.8 Å². The van der Waals surface area contributed by atoms with Gasteiger partial charge in [0, 0.05) is 14.7 Å². The van der Waals surface area contributed by atoms with Crippen molar-refractivity contribution >= 4 is 75.2 Å². The highest BCUT2D eigenvalue weighted by Gasteiger charge is 2.12. The van der Waals surface area contributed by atoms with Crippen LogP contribution in [0.1, 0.15) is 5.56 Å². The Kier molecular flexibility index (Phi) is 5.57. The first kappa shape index (κ1) is 17.8. The summed E-state index contributed by atoms with van der Waals surface area (Å²) >= 11 is 15.7. The second-order valence-electron chi connectivity index (χ2n) is 4.71. The van der Waals surface area contributed by atoms with Gasteiger partial charge in [-0.3, -0.25) is 0 Å². The van der Waals surface area contributed by atoms with Crippen molar-refractivity contribution in [3.63, 3.8) is 0 Å². The van der Waals surface area contributed by atoms with E-state index in [9.17, 15) is 5.11 Å². The lowest BCUT2D eigenvalue weighted by Gasteiger charge is -2.05. The summed E-state index contributed by atoms with van der Waals surface area (Å²) in [5, 5.41) is 22.0. The lowest BCUT2D eigenvalue weighted by Crippen LogP contribution is -1.96. The summed E-state index contributed by atoms with van der Waals surface area (Å²) in [4.78, 5) is 0. The van der Waals surface area contributed by atoms with Crippen LogP contribution in [-0.4, -0.2) is 26.2 Å². The molecular formula is C15H9ClI2N4OS. The molecule has 0 atom stereocenters. The van der Waals surface area contributed by atoms with E-state index in [0.29, 0.717) is 26.7 Å². The molecule has 0 aliphatic carbocycles. The van der Waals surface area contributed by atoms with Crippen molar-refractivity contribution < 1.29 is 5.11 Å². The number of hydrogen-bond acceptors (Lipinski definition) is 4. The van der Waals surface area contributed by atoms with E-state index < -0.39 is 0 Å². The van der Waals surface area contributed by atoms with Gasteiger partial charge in [-0.05, 0) is 81.7 Å². The Labute approximate surface area is 175 Å². The first-order chi connectivity index (χ1) is 11.5. The second kappa shape index (κ2) is 7.50. The van der Waals surface area contributed by atoms with Gasteiger partial charge in [0.2, 0.25) is 4.77 Å². The molecular weight excluding hydrogens is 574 g/mol. The largest absolute Gasteiger partial charge is 0.506 e. The Balaban J connectivity index is 2.08. The standard InChI is InChI=1S/C15H9ClI2N4OS/c16-11-4-2-1-3-10(11)14-20-21-15(24)22(14)19-7-8-5-9(17)6-12(18)13(8)23/h1-7,23H,(H,21,24). The quantitative estimate of drug-likeness (QED) is 0.258. The first-order valence-corrected chi connectivity index (χ1v) is 9.56. The number of H-pyrrole nitrogens is 1. The van der Waals surface area contributed by atoms with Crippen LogP contribution in [0.2, 0.25) is 5.02 Å². The highest BCUT2D eigenvalue weighted by Crippen LogP contribution is 2.27. The zero-order chi connectivity index (χ0) is 17.3. The van der Waals surface area contributed by atoms with Crippen LogP contribution < -0.4 is 0 Å². The van der Waals surface area contributed by atoms with Crippen molar-refractivity contribution in [3.05, 3.63) is 58.9 Å². The third-order valence-corrected chi connectivity index (χ3v) is 5.17. The number of aromatic nitrogens is 3. The van der Waals surface area contributed by atoms with Crippen molar-refractivity contribution in [1.82, 2.24) is 14.9 Å². The highest BCUT2D eigenvalue weighted by atomic mass is 127. The molecule has 2 aromatic carbocycles. The lowest BCUT2D eigenvalue weighted by atomic mass is 10.2. The van der Waals surface area contributed by atoms with Gasteiger partial charge in [-0.2, -0.15) is 14.9 Å². The average Bonchev–Trinajstić information content (AvgIpc) is 2.90. The number of nitrogens with zero attached hydrogens (tertiary/aromatic N) is 3. The molecule has 2 N–H and O–H groups in total. The maximum absolute atomic E-state index is 10.2. The van der Waals surface area contributed by atoms with E-state index in [0.717, 1.165) is 7.14 Å². The highest BCUT2D eigenvalue weighted by molar-refractivity contribution is 14.1. The van der Waals surface area contributed by atoms with Crippen molar-refractivity contribution in [2.75, 3.05) is 0 Å². The predicted octanol–water partition coefficient (Wildman–Crippen LogP) is 5.06. The number of benzene rings is 2. The van der Waals surface area contributed by atoms with Gasteiger partial charge in [0.25, 0.3) is 0 Å². The van der Waals surface area contributed by atoms with Gasteiger partial charge < -0.3 is 5.11 Å². The number of halogens is 3. The van der Waals surface area contributed by atoms with Crippen LogP contribution in [0.3, 0.4) is 0 Å². The maximum Gasteiger partial charge on any atom is 0.216 e. The van der Waals surface area contributed by atoms with E-state index in [1.165, 1.54) is 4.68 Å². The summed E-state index contributed by atoms with van der Waals surface area (Å²) in [6.07, 6.45) is 1.55. The number of phenolic OH excluding ortho intramolecular Hbond substituents is 1. The molecule has 0 bridgehead atoms. The van der Waals surface area contributed by atoms with E-state index in [-0.39, 0.29) is 5.75 Å². The van der Waals surface area contributed by atoms with Gasteiger partial charge in [0.1, 0.15) is 5.75 Å². The zero-order valence-corrected chi connectivity index (χ0v) is 17.8. The SMILES string of the molecule is Oc1c(I)cc(I)cc1C=Nn1c(-c2ccccc2Cl)n[nH]c1=S. The minimum Gasteiger partial charge on any atom is -0.506 e. The van der Waals surface area contributed by atoms with Crippen molar-refractivity contribution in [2.45, 2.75) is 0 Å². The predicted molar refractivity (Wildman–Crippen MR) is 114 cm³/mol.